The Morgan fingerprint density at radius 1 is 1.26 bits per heavy atom. The van der Waals surface area contributed by atoms with Crippen LogP contribution in [0.1, 0.15) is 18.4 Å². The van der Waals surface area contributed by atoms with Crippen molar-refractivity contribution >= 4 is 27.5 Å². The lowest BCUT2D eigenvalue weighted by atomic mass is 10.2. The molecular formula is C18H18BrNO3. The molecule has 5 heteroatoms. The lowest BCUT2D eigenvalue weighted by Crippen LogP contribution is -2.13. The van der Waals surface area contributed by atoms with Gasteiger partial charge in [0, 0.05) is 27.7 Å². The summed E-state index contributed by atoms with van der Waals surface area (Å²) in [7, 11) is 1.64. The van der Waals surface area contributed by atoms with E-state index < -0.39 is 0 Å². The fraction of sp³-hybridized carbons (Fsp3) is 0.278. The fourth-order valence-corrected chi connectivity index (χ4v) is 2.68. The number of anilines is 1. The molecule has 1 aliphatic rings. The number of nitrogens with one attached hydrogen (secondary N) is 1. The van der Waals surface area contributed by atoms with Gasteiger partial charge in [0.1, 0.15) is 18.1 Å². The van der Waals surface area contributed by atoms with Crippen molar-refractivity contribution in [2.24, 2.45) is 5.92 Å². The minimum atomic E-state index is 0.0933. The van der Waals surface area contributed by atoms with Gasteiger partial charge in [-0.2, -0.15) is 0 Å². The summed E-state index contributed by atoms with van der Waals surface area (Å²) in [5, 5.41) is 2.92. The lowest BCUT2D eigenvalue weighted by molar-refractivity contribution is -0.117. The number of rotatable bonds is 6. The highest BCUT2D eigenvalue weighted by Crippen LogP contribution is 2.31. The molecule has 2 aromatic carbocycles. The molecule has 0 heterocycles. The highest BCUT2D eigenvalue weighted by Gasteiger charge is 2.29. The number of carbonyl (C=O) groups is 1. The average Bonchev–Trinajstić information content (AvgIpc) is 3.38. The number of benzene rings is 2. The van der Waals surface area contributed by atoms with E-state index >= 15 is 0 Å². The van der Waals surface area contributed by atoms with Gasteiger partial charge in [-0.05, 0) is 43.2 Å². The quantitative estimate of drug-likeness (QED) is 0.814. The number of carbonyl (C=O) groups excluding carboxylic acids is 1. The predicted molar refractivity (Wildman–Crippen MR) is 92.8 cm³/mol. The smallest absolute Gasteiger partial charge is 0.227 e. The molecule has 120 valence electrons. The highest BCUT2D eigenvalue weighted by atomic mass is 79.9. The standard InChI is InChI=1S/C18H18BrNO3/c1-22-17-8-7-14(19)9-13(17)11-23-16-4-2-3-15(10-16)20-18(21)12-5-6-12/h2-4,7-10,12H,5-6,11H2,1H3,(H,20,21). The summed E-state index contributed by atoms with van der Waals surface area (Å²) in [5.74, 6) is 1.77. The average molecular weight is 376 g/mol. The van der Waals surface area contributed by atoms with Gasteiger partial charge in [-0.1, -0.05) is 22.0 Å². The summed E-state index contributed by atoms with van der Waals surface area (Å²) in [4.78, 5) is 11.8. The van der Waals surface area contributed by atoms with Crippen LogP contribution in [-0.4, -0.2) is 13.0 Å². The van der Waals surface area contributed by atoms with E-state index in [1.54, 1.807) is 7.11 Å². The van der Waals surface area contributed by atoms with Crippen LogP contribution >= 0.6 is 15.9 Å². The molecule has 0 atom stereocenters. The van der Waals surface area contributed by atoms with Gasteiger partial charge in [0.25, 0.3) is 0 Å². The van der Waals surface area contributed by atoms with Gasteiger partial charge in [0.15, 0.2) is 0 Å². The Morgan fingerprint density at radius 2 is 2.09 bits per heavy atom. The second-order valence-corrected chi connectivity index (χ2v) is 6.45. The van der Waals surface area contributed by atoms with Crippen molar-refractivity contribution in [3.63, 3.8) is 0 Å². The van der Waals surface area contributed by atoms with E-state index in [0.717, 1.165) is 34.3 Å². The van der Waals surface area contributed by atoms with Crippen molar-refractivity contribution in [2.45, 2.75) is 19.4 Å². The molecule has 23 heavy (non-hydrogen) atoms. The first-order chi connectivity index (χ1) is 11.2. The number of amides is 1. The third kappa shape index (κ3) is 4.26. The molecule has 1 saturated carbocycles. The zero-order valence-corrected chi connectivity index (χ0v) is 14.4. The van der Waals surface area contributed by atoms with Crippen molar-refractivity contribution in [3.05, 3.63) is 52.5 Å². The molecule has 1 fully saturated rings. The number of hydrogen-bond donors (Lipinski definition) is 1. The maximum absolute atomic E-state index is 11.8. The van der Waals surface area contributed by atoms with Crippen molar-refractivity contribution in [3.8, 4) is 11.5 Å². The van der Waals surface area contributed by atoms with Gasteiger partial charge in [-0.3, -0.25) is 4.79 Å². The number of ether oxygens (including phenoxy) is 2. The largest absolute Gasteiger partial charge is 0.496 e. The lowest BCUT2D eigenvalue weighted by Gasteiger charge is -2.12. The van der Waals surface area contributed by atoms with Crippen LogP contribution in [0.3, 0.4) is 0 Å². The molecule has 0 spiro atoms. The summed E-state index contributed by atoms with van der Waals surface area (Å²) in [6.45, 7) is 0.392. The first-order valence-corrected chi connectivity index (χ1v) is 8.31. The SMILES string of the molecule is COc1ccc(Br)cc1COc1cccc(NC(=O)C2CC2)c1. The minimum Gasteiger partial charge on any atom is -0.496 e. The highest BCUT2D eigenvalue weighted by molar-refractivity contribution is 9.10. The molecule has 1 aliphatic carbocycles. The van der Waals surface area contributed by atoms with Crippen LogP contribution in [0.15, 0.2) is 46.9 Å². The predicted octanol–water partition coefficient (Wildman–Crippen LogP) is 4.39. The molecule has 0 aliphatic heterocycles. The first-order valence-electron chi connectivity index (χ1n) is 7.52. The van der Waals surface area contributed by atoms with E-state index in [4.69, 9.17) is 9.47 Å². The van der Waals surface area contributed by atoms with Crippen LogP contribution in [0.4, 0.5) is 5.69 Å². The third-order valence-electron chi connectivity index (χ3n) is 3.69. The summed E-state index contributed by atoms with van der Waals surface area (Å²) in [5.41, 5.74) is 1.72. The van der Waals surface area contributed by atoms with E-state index in [1.165, 1.54) is 0 Å². The molecular weight excluding hydrogens is 358 g/mol. The maximum atomic E-state index is 11.8. The van der Waals surface area contributed by atoms with Gasteiger partial charge >= 0.3 is 0 Å². The van der Waals surface area contributed by atoms with Gasteiger partial charge in [0.2, 0.25) is 5.91 Å². The molecule has 2 aromatic rings. The Morgan fingerprint density at radius 3 is 2.83 bits per heavy atom. The van der Waals surface area contributed by atoms with E-state index in [1.807, 2.05) is 42.5 Å². The Bertz CT molecular complexity index is 713. The number of hydrogen-bond acceptors (Lipinski definition) is 3. The topological polar surface area (TPSA) is 47.6 Å². The van der Waals surface area contributed by atoms with E-state index in [0.29, 0.717) is 12.4 Å². The van der Waals surface area contributed by atoms with Gasteiger partial charge in [0.05, 0.1) is 7.11 Å². The van der Waals surface area contributed by atoms with Gasteiger partial charge in [-0.15, -0.1) is 0 Å². The molecule has 0 saturated heterocycles. The van der Waals surface area contributed by atoms with Crippen molar-refractivity contribution < 1.29 is 14.3 Å². The van der Waals surface area contributed by atoms with E-state index in [-0.39, 0.29) is 11.8 Å². The van der Waals surface area contributed by atoms with Crippen molar-refractivity contribution in [1.82, 2.24) is 0 Å². The van der Waals surface area contributed by atoms with Gasteiger partial charge in [-0.25, -0.2) is 0 Å². The monoisotopic (exact) mass is 375 g/mol. The Hall–Kier alpha value is -2.01. The summed E-state index contributed by atoms with van der Waals surface area (Å²) in [6, 6.07) is 13.2. The summed E-state index contributed by atoms with van der Waals surface area (Å²) >= 11 is 3.45. The molecule has 4 nitrogen and oxygen atoms in total. The second kappa shape index (κ2) is 7.04. The van der Waals surface area contributed by atoms with Crippen LogP contribution in [0.2, 0.25) is 0 Å². The molecule has 1 N–H and O–H groups in total. The number of halogens is 1. The van der Waals surface area contributed by atoms with Crippen LogP contribution in [0.5, 0.6) is 11.5 Å². The normalized spacial score (nSPS) is 13.5. The Balaban J connectivity index is 1.66. The molecule has 0 unspecified atom stereocenters. The second-order valence-electron chi connectivity index (χ2n) is 5.54. The fourth-order valence-electron chi connectivity index (χ4n) is 2.27. The first kappa shape index (κ1) is 15.9. The van der Waals surface area contributed by atoms with Crippen molar-refractivity contribution in [1.29, 1.82) is 0 Å². The van der Waals surface area contributed by atoms with Crippen LogP contribution < -0.4 is 14.8 Å². The Labute approximate surface area is 143 Å². The molecule has 0 aromatic heterocycles. The van der Waals surface area contributed by atoms with Crippen LogP contribution in [0, 0.1) is 5.92 Å². The van der Waals surface area contributed by atoms with Crippen LogP contribution in [0.25, 0.3) is 0 Å². The molecule has 3 rings (SSSR count). The third-order valence-corrected chi connectivity index (χ3v) is 4.18. The summed E-state index contributed by atoms with van der Waals surface area (Å²) < 4.78 is 12.2. The Kier molecular flexibility index (Phi) is 4.86. The van der Waals surface area contributed by atoms with E-state index in [9.17, 15) is 4.79 Å². The number of methoxy groups -OCH3 is 1. The molecule has 0 bridgehead atoms. The van der Waals surface area contributed by atoms with E-state index in [2.05, 4.69) is 21.2 Å². The zero-order valence-electron chi connectivity index (χ0n) is 12.8. The minimum absolute atomic E-state index is 0.0933. The summed E-state index contributed by atoms with van der Waals surface area (Å²) in [6.07, 6.45) is 1.98. The van der Waals surface area contributed by atoms with Crippen LogP contribution in [-0.2, 0) is 11.4 Å². The molecule has 0 radical (unpaired) electrons. The molecule has 1 amide bonds. The van der Waals surface area contributed by atoms with Crippen molar-refractivity contribution in [2.75, 3.05) is 12.4 Å². The zero-order chi connectivity index (χ0) is 16.2. The maximum Gasteiger partial charge on any atom is 0.227 e. The van der Waals surface area contributed by atoms with Gasteiger partial charge < -0.3 is 14.8 Å².